The summed E-state index contributed by atoms with van der Waals surface area (Å²) in [6, 6.07) is 6.34. The number of carbonyl (C=O) groups is 1. The molecule has 7 nitrogen and oxygen atoms in total. The number of hydrogen-bond acceptors (Lipinski definition) is 6. The maximum Gasteiger partial charge on any atom is 0.333 e. The molecule has 1 aromatic heterocycles. The second-order valence-electron chi connectivity index (χ2n) is 3.07. The highest BCUT2D eigenvalue weighted by atomic mass is 32.1. The summed E-state index contributed by atoms with van der Waals surface area (Å²) in [5, 5.41) is 10.1. The summed E-state index contributed by atoms with van der Waals surface area (Å²) in [4.78, 5) is 10.9. The third-order valence-corrected chi connectivity index (χ3v) is 2.12. The van der Waals surface area contributed by atoms with Gasteiger partial charge in [0.25, 0.3) is 5.22 Å². The highest BCUT2D eigenvalue weighted by Crippen LogP contribution is 2.20. The van der Waals surface area contributed by atoms with E-state index in [9.17, 15) is 4.79 Å². The Bertz CT molecular complexity index is 524. The van der Waals surface area contributed by atoms with Crippen LogP contribution in [0.15, 0.2) is 33.9 Å². The first-order valence-electron chi connectivity index (χ1n) is 4.59. The molecule has 0 aliphatic carbocycles. The van der Waals surface area contributed by atoms with E-state index < -0.39 is 6.03 Å². The number of hydrazine groups is 1. The van der Waals surface area contributed by atoms with Crippen molar-refractivity contribution in [3.8, 4) is 11.5 Å². The van der Waals surface area contributed by atoms with Crippen LogP contribution in [-0.2, 0) is 0 Å². The van der Waals surface area contributed by atoms with Crippen molar-refractivity contribution in [1.82, 2.24) is 15.6 Å². The quantitative estimate of drug-likeness (QED) is 0.276. The lowest BCUT2D eigenvalue weighted by molar-refractivity contribution is 0.252. The van der Waals surface area contributed by atoms with Crippen molar-refractivity contribution in [3.63, 3.8) is 0 Å². The molecule has 8 heteroatoms. The molecule has 17 heavy (non-hydrogen) atoms. The fraction of sp³-hybridized carbons (Fsp3) is 0. The number of nitrogens with two attached hydrogens (primary N) is 1. The minimum Gasteiger partial charge on any atom is -0.411 e. The summed E-state index contributed by atoms with van der Waals surface area (Å²) in [7, 11) is 0. The van der Waals surface area contributed by atoms with E-state index in [2.05, 4.69) is 28.1 Å². The second-order valence-corrected chi connectivity index (χ2v) is 3.45. The average molecular weight is 251 g/mol. The van der Waals surface area contributed by atoms with Gasteiger partial charge in [-0.15, -0.1) is 10.2 Å². The van der Waals surface area contributed by atoms with Gasteiger partial charge in [-0.25, -0.2) is 10.6 Å². The molecule has 0 aliphatic heterocycles. The van der Waals surface area contributed by atoms with E-state index in [1.807, 2.05) is 5.43 Å². The lowest BCUT2D eigenvalue weighted by Gasteiger charge is -2.03. The number of urea groups is 1. The standard InChI is InChI=1S/C9H9N5O2S/c10-12-8(15)11-6-3-1-5(2-4-6)7-13-14-9(17)16-7/h1-4H,10H2,(H,14,17)(H2,11,12,15). The molecule has 0 bridgehead atoms. The number of rotatable bonds is 2. The Morgan fingerprint density at radius 3 is 2.53 bits per heavy atom. The first kappa shape index (κ1) is 11.4. The van der Waals surface area contributed by atoms with Gasteiger partial charge in [0.05, 0.1) is 0 Å². The molecule has 2 rings (SSSR count). The molecule has 0 saturated carbocycles. The molecule has 0 atom stereocenters. The monoisotopic (exact) mass is 251 g/mol. The maximum absolute atomic E-state index is 10.9. The molecular weight excluding hydrogens is 242 g/mol. The number of amides is 2. The summed E-state index contributed by atoms with van der Waals surface area (Å²) in [5.74, 6) is 5.31. The van der Waals surface area contributed by atoms with E-state index in [-0.39, 0.29) is 5.22 Å². The number of anilines is 1. The molecular formula is C9H9N5O2S. The minimum absolute atomic E-state index is 0.199. The van der Waals surface area contributed by atoms with E-state index >= 15 is 0 Å². The summed E-state index contributed by atoms with van der Waals surface area (Å²) < 4.78 is 5.13. The highest BCUT2D eigenvalue weighted by molar-refractivity contribution is 7.80. The van der Waals surface area contributed by atoms with E-state index in [0.717, 1.165) is 5.56 Å². The number of aromatic nitrogens is 2. The molecule has 0 radical (unpaired) electrons. The highest BCUT2D eigenvalue weighted by Gasteiger charge is 2.06. The molecule has 1 heterocycles. The van der Waals surface area contributed by atoms with Crippen molar-refractivity contribution in [2.24, 2.45) is 5.84 Å². The predicted molar refractivity (Wildman–Crippen MR) is 63.3 cm³/mol. The van der Waals surface area contributed by atoms with Crippen LogP contribution in [0.3, 0.4) is 0 Å². The van der Waals surface area contributed by atoms with Gasteiger partial charge in [-0.1, -0.05) is 12.6 Å². The molecule has 0 spiro atoms. The fourth-order valence-electron chi connectivity index (χ4n) is 1.20. The molecule has 0 saturated heterocycles. The Morgan fingerprint density at radius 2 is 2.00 bits per heavy atom. The van der Waals surface area contributed by atoms with Crippen molar-refractivity contribution in [2.75, 3.05) is 5.32 Å². The molecule has 1 aromatic carbocycles. The van der Waals surface area contributed by atoms with Crippen molar-refractivity contribution in [3.05, 3.63) is 24.3 Å². The van der Waals surface area contributed by atoms with Crippen LogP contribution in [0.5, 0.6) is 0 Å². The van der Waals surface area contributed by atoms with E-state index in [4.69, 9.17) is 10.3 Å². The number of nitrogens with one attached hydrogen (secondary N) is 2. The Hall–Kier alpha value is -2.06. The third kappa shape index (κ3) is 2.74. The van der Waals surface area contributed by atoms with Crippen molar-refractivity contribution in [1.29, 1.82) is 0 Å². The average Bonchev–Trinajstić information content (AvgIpc) is 2.77. The summed E-state index contributed by atoms with van der Waals surface area (Å²) in [5.41, 5.74) is 3.29. The van der Waals surface area contributed by atoms with Crippen LogP contribution in [0.2, 0.25) is 0 Å². The van der Waals surface area contributed by atoms with Crippen LogP contribution >= 0.6 is 12.6 Å². The van der Waals surface area contributed by atoms with E-state index in [1.54, 1.807) is 24.3 Å². The lowest BCUT2D eigenvalue weighted by Crippen LogP contribution is -2.34. The number of thiol groups is 1. The van der Waals surface area contributed by atoms with Crippen LogP contribution in [0.4, 0.5) is 10.5 Å². The van der Waals surface area contributed by atoms with Crippen LogP contribution in [0, 0.1) is 0 Å². The Kier molecular flexibility index (Phi) is 3.26. The summed E-state index contributed by atoms with van der Waals surface area (Å²) >= 11 is 3.91. The van der Waals surface area contributed by atoms with Gasteiger partial charge in [-0.05, 0) is 24.3 Å². The third-order valence-electron chi connectivity index (χ3n) is 1.94. The van der Waals surface area contributed by atoms with Crippen LogP contribution in [0.1, 0.15) is 0 Å². The van der Waals surface area contributed by atoms with Gasteiger partial charge < -0.3 is 9.73 Å². The van der Waals surface area contributed by atoms with Gasteiger partial charge in [0.15, 0.2) is 0 Å². The van der Waals surface area contributed by atoms with Gasteiger partial charge in [-0.2, -0.15) is 0 Å². The largest absolute Gasteiger partial charge is 0.411 e. The predicted octanol–water partition coefficient (Wildman–Crippen LogP) is 1.02. The Morgan fingerprint density at radius 1 is 1.29 bits per heavy atom. The minimum atomic E-state index is -0.492. The molecule has 0 aliphatic rings. The molecule has 0 unspecified atom stereocenters. The normalized spacial score (nSPS) is 10.0. The van der Waals surface area contributed by atoms with Gasteiger partial charge in [-0.3, -0.25) is 5.43 Å². The topological polar surface area (TPSA) is 106 Å². The first-order valence-corrected chi connectivity index (χ1v) is 5.04. The number of nitrogens with zero attached hydrogens (tertiary/aromatic N) is 2. The van der Waals surface area contributed by atoms with Gasteiger partial charge in [0.2, 0.25) is 5.89 Å². The zero-order chi connectivity index (χ0) is 12.3. The molecule has 4 N–H and O–H groups in total. The van der Waals surface area contributed by atoms with Gasteiger partial charge in [0.1, 0.15) is 0 Å². The Labute approximate surface area is 102 Å². The van der Waals surface area contributed by atoms with Crippen molar-refractivity contribution >= 4 is 24.3 Å². The Balaban J connectivity index is 2.15. The smallest absolute Gasteiger partial charge is 0.333 e. The zero-order valence-electron chi connectivity index (χ0n) is 8.54. The fourth-order valence-corrected chi connectivity index (χ4v) is 1.33. The van der Waals surface area contributed by atoms with E-state index in [0.29, 0.717) is 11.6 Å². The summed E-state index contributed by atoms with van der Waals surface area (Å²) in [6.45, 7) is 0. The molecule has 2 aromatic rings. The van der Waals surface area contributed by atoms with Crippen molar-refractivity contribution < 1.29 is 9.21 Å². The SMILES string of the molecule is NNC(=O)Nc1ccc(-c2nnc(S)o2)cc1. The van der Waals surface area contributed by atoms with Gasteiger partial charge >= 0.3 is 6.03 Å². The number of carbonyl (C=O) groups excluding carboxylic acids is 1. The van der Waals surface area contributed by atoms with Crippen LogP contribution in [0.25, 0.3) is 11.5 Å². The van der Waals surface area contributed by atoms with Crippen molar-refractivity contribution in [2.45, 2.75) is 5.22 Å². The molecule has 88 valence electrons. The summed E-state index contributed by atoms with van der Waals surface area (Å²) in [6.07, 6.45) is 0. The van der Waals surface area contributed by atoms with Crippen LogP contribution in [-0.4, -0.2) is 16.2 Å². The van der Waals surface area contributed by atoms with Crippen LogP contribution < -0.4 is 16.6 Å². The lowest BCUT2D eigenvalue weighted by atomic mass is 10.2. The zero-order valence-corrected chi connectivity index (χ0v) is 9.44. The molecule has 2 amide bonds. The maximum atomic E-state index is 10.9. The van der Waals surface area contributed by atoms with E-state index in [1.165, 1.54) is 0 Å². The first-order chi connectivity index (χ1) is 8.19. The van der Waals surface area contributed by atoms with Gasteiger partial charge in [0, 0.05) is 11.3 Å². The number of hydrogen-bond donors (Lipinski definition) is 4. The second kappa shape index (κ2) is 4.85. The number of benzene rings is 1. The molecule has 0 fully saturated rings.